The number of fused-ring (bicyclic) bond motifs is 12. The number of hydrogen-bond acceptors (Lipinski definition) is 2. The van der Waals surface area contributed by atoms with Gasteiger partial charge in [-0.25, -0.2) is 9.97 Å². The van der Waals surface area contributed by atoms with E-state index in [4.69, 9.17) is 9.97 Å². The molecule has 16 aromatic rings. The lowest BCUT2D eigenvalue weighted by atomic mass is 9.93. The maximum absolute atomic E-state index is 6.41. The van der Waals surface area contributed by atoms with Crippen molar-refractivity contribution in [1.29, 1.82) is 0 Å². The zero-order valence-corrected chi connectivity index (χ0v) is 41.1. The third-order valence-corrected chi connectivity index (χ3v) is 15.6. The van der Waals surface area contributed by atoms with Crippen LogP contribution in [0.3, 0.4) is 0 Å². The van der Waals surface area contributed by atoms with Crippen LogP contribution < -0.4 is 0 Å². The summed E-state index contributed by atoms with van der Waals surface area (Å²) in [5.74, 6) is 1.59. The molecule has 10 aromatic carbocycles. The average molecular weight is 969 g/mol. The molecule has 0 radical (unpaired) electrons. The summed E-state index contributed by atoms with van der Waals surface area (Å²) in [7, 11) is 0. The molecule has 0 spiro atoms. The van der Waals surface area contributed by atoms with Crippen LogP contribution in [-0.2, 0) is 0 Å². The van der Waals surface area contributed by atoms with Gasteiger partial charge in [0, 0.05) is 59.8 Å². The van der Waals surface area contributed by atoms with Gasteiger partial charge in [0.15, 0.2) is 11.6 Å². The molecule has 0 atom stereocenters. The van der Waals surface area contributed by atoms with Gasteiger partial charge in [-0.05, 0) is 66.2 Å². The standard InChI is InChI=1S/C70H44N6/c1-2-23-45(24-3-1)56-35-22-36-57(71-56)46-25-4-5-34-55(46)66-67(73-58-37-14-6-26-47(58)48-27-7-15-38-59(48)73)69(75-62-41-18-10-30-51(62)52-31-11-19-42-63(52)75)72-70(76-64-43-20-12-32-53(64)54-33-13-21-44-65(54)76)68(66)74-60-39-16-8-28-49(60)50-29-9-17-40-61(50)74/h1-44H. The molecule has 354 valence electrons. The van der Waals surface area contributed by atoms with Crippen LogP contribution in [-0.4, -0.2) is 28.2 Å². The van der Waals surface area contributed by atoms with Crippen LogP contribution in [0.25, 0.3) is 144 Å². The molecular weight excluding hydrogens is 925 g/mol. The molecule has 0 bridgehead atoms. The van der Waals surface area contributed by atoms with E-state index in [1.54, 1.807) is 0 Å². The Morgan fingerprint density at radius 1 is 0.211 bits per heavy atom. The molecule has 16 rings (SSSR count). The molecule has 0 unspecified atom stereocenters. The minimum absolute atomic E-state index is 0.793. The first-order valence-corrected chi connectivity index (χ1v) is 25.9. The van der Waals surface area contributed by atoms with Crippen molar-refractivity contribution in [3.8, 4) is 56.7 Å². The predicted molar refractivity (Wildman–Crippen MR) is 316 cm³/mol. The fourth-order valence-electron chi connectivity index (χ4n) is 12.4. The number of pyridine rings is 2. The highest BCUT2D eigenvalue weighted by molar-refractivity contribution is 6.16. The molecular formula is C70H44N6. The number of aromatic nitrogens is 6. The molecule has 0 amide bonds. The van der Waals surface area contributed by atoms with Crippen molar-refractivity contribution in [1.82, 2.24) is 28.2 Å². The third kappa shape index (κ3) is 6.09. The number of rotatable bonds is 7. The molecule has 6 heteroatoms. The zero-order valence-electron chi connectivity index (χ0n) is 41.1. The smallest absolute Gasteiger partial charge is 0.165 e. The molecule has 6 nitrogen and oxygen atoms in total. The van der Waals surface area contributed by atoms with Crippen LogP contribution in [0.4, 0.5) is 0 Å². The number of nitrogens with zero attached hydrogens (tertiary/aromatic N) is 6. The third-order valence-electron chi connectivity index (χ3n) is 15.6. The Balaban J connectivity index is 1.22. The fourth-order valence-corrected chi connectivity index (χ4v) is 12.4. The summed E-state index contributed by atoms with van der Waals surface area (Å²) >= 11 is 0. The monoisotopic (exact) mass is 968 g/mol. The second-order valence-corrected chi connectivity index (χ2v) is 19.6. The van der Waals surface area contributed by atoms with Crippen LogP contribution in [0, 0.1) is 0 Å². The van der Waals surface area contributed by atoms with Gasteiger partial charge in [0.05, 0.1) is 55.5 Å². The minimum atomic E-state index is 0.793. The van der Waals surface area contributed by atoms with Gasteiger partial charge in [-0.2, -0.15) is 0 Å². The Morgan fingerprint density at radius 2 is 0.500 bits per heavy atom. The van der Waals surface area contributed by atoms with E-state index in [0.29, 0.717) is 0 Å². The van der Waals surface area contributed by atoms with Crippen LogP contribution in [0.2, 0.25) is 0 Å². The van der Waals surface area contributed by atoms with Crippen LogP contribution in [0.15, 0.2) is 267 Å². The van der Waals surface area contributed by atoms with Crippen molar-refractivity contribution in [3.63, 3.8) is 0 Å². The molecule has 6 aromatic heterocycles. The summed E-state index contributed by atoms with van der Waals surface area (Å²) in [5, 5.41) is 9.26. The lowest BCUT2D eigenvalue weighted by molar-refractivity contribution is 0.961. The molecule has 6 heterocycles. The summed E-state index contributed by atoms with van der Waals surface area (Å²) in [4.78, 5) is 12.0. The Morgan fingerprint density at radius 3 is 0.868 bits per heavy atom. The van der Waals surface area contributed by atoms with Crippen molar-refractivity contribution in [2.24, 2.45) is 0 Å². The number of para-hydroxylation sites is 8. The van der Waals surface area contributed by atoms with Gasteiger partial charge in [-0.1, -0.05) is 206 Å². The molecule has 0 aliphatic carbocycles. The van der Waals surface area contributed by atoms with Gasteiger partial charge in [0.25, 0.3) is 0 Å². The molecule has 76 heavy (non-hydrogen) atoms. The van der Waals surface area contributed by atoms with Gasteiger partial charge in [-0.3, -0.25) is 9.13 Å². The largest absolute Gasteiger partial charge is 0.305 e. The van der Waals surface area contributed by atoms with E-state index < -0.39 is 0 Å². The highest BCUT2D eigenvalue weighted by Crippen LogP contribution is 2.50. The number of hydrogen-bond donors (Lipinski definition) is 0. The van der Waals surface area contributed by atoms with E-state index in [2.05, 4.69) is 285 Å². The second-order valence-electron chi connectivity index (χ2n) is 19.6. The molecule has 0 saturated heterocycles. The van der Waals surface area contributed by atoms with Crippen molar-refractivity contribution in [2.75, 3.05) is 0 Å². The molecule has 0 aliphatic heterocycles. The van der Waals surface area contributed by atoms with E-state index in [-0.39, 0.29) is 0 Å². The van der Waals surface area contributed by atoms with Crippen molar-refractivity contribution in [2.45, 2.75) is 0 Å². The Hall–Kier alpha value is -10.3. The maximum atomic E-state index is 6.41. The van der Waals surface area contributed by atoms with E-state index in [0.717, 1.165) is 144 Å². The molecule has 0 fully saturated rings. The van der Waals surface area contributed by atoms with Gasteiger partial charge in [-0.15, -0.1) is 0 Å². The van der Waals surface area contributed by atoms with Crippen LogP contribution in [0.1, 0.15) is 0 Å². The van der Waals surface area contributed by atoms with Crippen molar-refractivity contribution < 1.29 is 0 Å². The summed E-state index contributed by atoms with van der Waals surface area (Å²) < 4.78 is 9.86. The van der Waals surface area contributed by atoms with E-state index in [1.165, 1.54) is 0 Å². The van der Waals surface area contributed by atoms with Crippen molar-refractivity contribution in [3.05, 3.63) is 267 Å². The first kappa shape index (κ1) is 42.2. The molecule has 0 saturated carbocycles. The lowest BCUT2D eigenvalue weighted by Crippen LogP contribution is -2.16. The Labute approximate surface area is 436 Å². The number of benzene rings is 10. The fraction of sp³-hybridized carbons (Fsp3) is 0. The van der Waals surface area contributed by atoms with E-state index >= 15 is 0 Å². The Kier molecular flexibility index (Phi) is 9.23. The summed E-state index contributed by atoms with van der Waals surface area (Å²) in [5.41, 5.74) is 16.3. The predicted octanol–water partition coefficient (Wildman–Crippen LogP) is 17.9. The maximum Gasteiger partial charge on any atom is 0.165 e. The van der Waals surface area contributed by atoms with Gasteiger partial charge in [0.2, 0.25) is 0 Å². The van der Waals surface area contributed by atoms with Gasteiger partial charge in [0.1, 0.15) is 11.4 Å². The summed E-state index contributed by atoms with van der Waals surface area (Å²) in [6.07, 6.45) is 0. The van der Waals surface area contributed by atoms with Crippen LogP contribution in [0.5, 0.6) is 0 Å². The highest BCUT2D eigenvalue weighted by Gasteiger charge is 2.33. The van der Waals surface area contributed by atoms with E-state index in [1.807, 2.05) is 0 Å². The second kappa shape index (κ2) is 16.6. The van der Waals surface area contributed by atoms with Gasteiger partial charge >= 0.3 is 0 Å². The first-order chi connectivity index (χ1) is 37.8. The first-order valence-electron chi connectivity index (χ1n) is 25.9. The molecule has 0 N–H and O–H groups in total. The Bertz CT molecular complexity index is 4550. The minimum Gasteiger partial charge on any atom is -0.305 e. The highest BCUT2D eigenvalue weighted by atomic mass is 15.2. The summed E-state index contributed by atoms with van der Waals surface area (Å²) in [6, 6.07) is 96.4. The van der Waals surface area contributed by atoms with Crippen LogP contribution >= 0.6 is 0 Å². The average Bonchev–Trinajstić information content (AvgIpc) is 4.36. The van der Waals surface area contributed by atoms with E-state index in [9.17, 15) is 0 Å². The molecule has 0 aliphatic rings. The topological polar surface area (TPSA) is 45.5 Å². The quantitative estimate of drug-likeness (QED) is 0.160. The normalized spacial score (nSPS) is 11.9. The SMILES string of the molecule is c1ccc(-c2cccc(-c3ccccc3-c3c(-n4c5ccccc5c5ccccc54)c(-n4c5ccccc5c5ccccc54)nc(-n4c5ccccc5c5ccccc54)c3-n3c4ccccc4c4ccccc43)n2)cc1. The van der Waals surface area contributed by atoms with Crippen molar-refractivity contribution >= 4 is 87.2 Å². The summed E-state index contributed by atoms with van der Waals surface area (Å²) in [6.45, 7) is 0. The zero-order chi connectivity index (χ0) is 49.8. The van der Waals surface area contributed by atoms with Gasteiger partial charge < -0.3 is 9.13 Å². The lowest BCUT2D eigenvalue weighted by Gasteiger charge is -2.27.